The first-order valence-electron chi connectivity index (χ1n) is 3.60. The van der Waals surface area contributed by atoms with E-state index in [2.05, 4.69) is 5.32 Å². The van der Waals surface area contributed by atoms with Gasteiger partial charge in [0.2, 0.25) is 0 Å². The number of amides is 2. The molecule has 7 heteroatoms. The van der Waals surface area contributed by atoms with Crippen molar-refractivity contribution in [2.45, 2.75) is 12.6 Å². The Morgan fingerprint density at radius 2 is 1.92 bits per heavy atom. The van der Waals surface area contributed by atoms with Crippen LogP contribution in [0.1, 0.15) is 6.42 Å². The lowest BCUT2D eigenvalue weighted by Crippen LogP contribution is -2.41. The highest BCUT2D eigenvalue weighted by atomic mass is 35.5. The molecule has 0 aliphatic heterocycles. The van der Waals surface area contributed by atoms with E-state index in [1.807, 2.05) is 0 Å². The van der Waals surface area contributed by atoms with Gasteiger partial charge in [0.25, 0.3) is 0 Å². The van der Waals surface area contributed by atoms with E-state index in [-0.39, 0.29) is 6.54 Å². The summed E-state index contributed by atoms with van der Waals surface area (Å²) >= 11 is 5.28. The number of nitrogens with one attached hydrogen (secondary N) is 2. The molecule has 0 atom stereocenters. The van der Waals surface area contributed by atoms with Crippen molar-refractivity contribution in [2.24, 2.45) is 0 Å². The van der Waals surface area contributed by atoms with Crippen LogP contribution in [0.4, 0.5) is 18.0 Å². The fraction of sp³-hybridized carbons (Fsp3) is 0.833. The van der Waals surface area contributed by atoms with Gasteiger partial charge in [-0.1, -0.05) is 0 Å². The van der Waals surface area contributed by atoms with Crippen molar-refractivity contribution in [1.29, 1.82) is 0 Å². The summed E-state index contributed by atoms with van der Waals surface area (Å²) < 4.78 is 34.6. The SMILES string of the molecule is O=C(NCCCCl)NCC(F)(F)F. The first kappa shape index (κ1) is 12.3. The number of hydrogen-bond acceptors (Lipinski definition) is 1. The second-order valence-corrected chi connectivity index (χ2v) is 2.65. The van der Waals surface area contributed by atoms with E-state index in [4.69, 9.17) is 11.6 Å². The molecule has 13 heavy (non-hydrogen) atoms. The molecule has 0 aliphatic rings. The molecule has 0 rings (SSSR count). The predicted molar refractivity (Wildman–Crippen MR) is 42.8 cm³/mol. The number of carbonyl (C=O) groups excluding carboxylic acids is 1. The van der Waals surface area contributed by atoms with Crippen molar-refractivity contribution in [3.8, 4) is 0 Å². The Morgan fingerprint density at radius 3 is 2.38 bits per heavy atom. The number of hydrogen-bond donors (Lipinski definition) is 2. The summed E-state index contributed by atoms with van der Waals surface area (Å²) in [4.78, 5) is 10.6. The van der Waals surface area contributed by atoms with Crippen molar-refractivity contribution >= 4 is 17.6 Å². The maximum Gasteiger partial charge on any atom is 0.405 e. The lowest BCUT2D eigenvalue weighted by Gasteiger charge is -2.08. The van der Waals surface area contributed by atoms with Crippen molar-refractivity contribution in [2.75, 3.05) is 19.0 Å². The minimum atomic E-state index is -4.37. The van der Waals surface area contributed by atoms with Gasteiger partial charge in [-0.2, -0.15) is 13.2 Å². The third-order valence-corrected chi connectivity index (χ3v) is 1.31. The van der Waals surface area contributed by atoms with Crippen LogP contribution < -0.4 is 10.6 Å². The second-order valence-electron chi connectivity index (χ2n) is 2.27. The topological polar surface area (TPSA) is 41.1 Å². The third-order valence-electron chi connectivity index (χ3n) is 1.05. The lowest BCUT2D eigenvalue weighted by molar-refractivity contribution is -0.122. The highest BCUT2D eigenvalue weighted by molar-refractivity contribution is 6.17. The monoisotopic (exact) mass is 218 g/mol. The molecule has 0 aromatic carbocycles. The second kappa shape index (κ2) is 5.90. The van der Waals surface area contributed by atoms with Gasteiger partial charge in [-0.25, -0.2) is 4.79 Å². The molecular formula is C6H10ClF3N2O. The van der Waals surface area contributed by atoms with Gasteiger partial charge in [0.15, 0.2) is 0 Å². The van der Waals surface area contributed by atoms with E-state index in [0.29, 0.717) is 12.3 Å². The maximum absolute atomic E-state index is 11.5. The van der Waals surface area contributed by atoms with E-state index in [1.165, 1.54) is 0 Å². The van der Waals surface area contributed by atoms with Gasteiger partial charge in [-0.3, -0.25) is 0 Å². The van der Waals surface area contributed by atoms with Crippen LogP contribution in [-0.4, -0.2) is 31.2 Å². The zero-order chi connectivity index (χ0) is 10.3. The van der Waals surface area contributed by atoms with Crippen molar-refractivity contribution in [1.82, 2.24) is 10.6 Å². The number of carbonyl (C=O) groups is 1. The number of rotatable bonds is 4. The van der Waals surface area contributed by atoms with E-state index < -0.39 is 18.8 Å². The summed E-state index contributed by atoms with van der Waals surface area (Å²) in [5.74, 6) is 0.361. The van der Waals surface area contributed by atoms with Crippen LogP contribution in [0.2, 0.25) is 0 Å². The summed E-state index contributed by atoms with van der Waals surface area (Å²) in [7, 11) is 0. The lowest BCUT2D eigenvalue weighted by atomic mass is 10.5. The molecule has 0 aromatic rings. The van der Waals surface area contributed by atoms with Crippen LogP contribution in [0.3, 0.4) is 0 Å². The molecule has 0 aliphatic carbocycles. The Balaban J connectivity index is 3.41. The van der Waals surface area contributed by atoms with Crippen molar-refractivity contribution in [3.63, 3.8) is 0 Å². The van der Waals surface area contributed by atoms with E-state index in [1.54, 1.807) is 5.32 Å². The molecule has 0 spiro atoms. The molecule has 0 radical (unpaired) electrons. The summed E-state index contributed by atoms with van der Waals surface area (Å²) in [5, 5.41) is 3.89. The first-order valence-corrected chi connectivity index (χ1v) is 4.13. The van der Waals surface area contributed by atoms with Gasteiger partial charge in [0.05, 0.1) is 0 Å². The van der Waals surface area contributed by atoms with Gasteiger partial charge < -0.3 is 10.6 Å². The maximum atomic E-state index is 11.5. The molecule has 3 nitrogen and oxygen atoms in total. The van der Waals surface area contributed by atoms with Crippen molar-refractivity contribution < 1.29 is 18.0 Å². The molecule has 0 aromatic heterocycles. The largest absolute Gasteiger partial charge is 0.405 e. The van der Waals surface area contributed by atoms with E-state index >= 15 is 0 Å². The third kappa shape index (κ3) is 9.26. The minimum Gasteiger partial charge on any atom is -0.338 e. The van der Waals surface area contributed by atoms with Gasteiger partial charge in [0, 0.05) is 12.4 Å². The average molecular weight is 219 g/mol. The number of halogens is 4. The van der Waals surface area contributed by atoms with Gasteiger partial charge in [-0.05, 0) is 6.42 Å². The van der Waals surface area contributed by atoms with Crippen LogP contribution in [0.5, 0.6) is 0 Å². The highest BCUT2D eigenvalue weighted by Crippen LogP contribution is 2.11. The quantitative estimate of drug-likeness (QED) is 0.545. The molecule has 0 saturated carbocycles. The Bertz CT molecular complexity index is 162. The highest BCUT2D eigenvalue weighted by Gasteiger charge is 2.27. The molecule has 0 unspecified atom stereocenters. The Kier molecular flexibility index (Phi) is 5.61. The molecule has 2 N–H and O–H groups in total. The fourth-order valence-corrected chi connectivity index (χ4v) is 0.645. The molecular weight excluding hydrogens is 209 g/mol. The summed E-state index contributed by atoms with van der Waals surface area (Å²) in [6, 6.07) is -0.831. The number of alkyl halides is 4. The van der Waals surface area contributed by atoms with Crippen LogP contribution >= 0.6 is 11.6 Å². The van der Waals surface area contributed by atoms with E-state index in [9.17, 15) is 18.0 Å². The van der Waals surface area contributed by atoms with Crippen molar-refractivity contribution in [3.05, 3.63) is 0 Å². The fourth-order valence-electron chi connectivity index (χ4n) is 0.512. The predicted octanol–water partition coefficient (Wildman–Crippen LogP) is 1.48. The Hall–Kier alpha value is -0.650. The summed E-state index contributed by atoms with van der Waals surface area (Å²) in [5.41, 5.74) is 0. The molecule has 0 heterocycles. The molecule has 0 saturated heterocycles. The molecule has 0 bridgehead atoms. The zero-order valence-corrected chi connectivity index (χ0v) is 7.50. The van der Waals surface area contributed by atoms with Crippen LogP contribution in [0.15, 0.2) is 0 Å². The Morgan fingerprint density at radius 1 is 1.31 bits per heavy atom. The first-order chi connectivity index (χ1) is 5.95. The summed E-state index contributed by atoms with van der Waals surface area (Å²) in [6.07, 6.45) is -3.84. The van der Waals surface area contributed by atoms with Gasteiger partial charge in [-0.15, -0.1) is 11.6 Å². The van der Waals surface area contributed by atoms with Crippen LogP contribution in [-0.2, 0) is 0 Å². The molecule has 0 fully saturated rings. The van der Waals surface area contributed by atoms with Gasteiger partial charge in [0.1, 0.15) is 6.54 Å². The smallest absolute Gasteiger partial charge is 0.338 e. The normalized spacial score (nSPS) is 11.1. The summed E-state index contributed by atoms with van der Waals surface area (Å²) in [6.45, 7) is -1.05. The van der Waals surface area contributed by atoms with Gasteiger partial charge >= 0.3 is 12.2 Å². The van der Waals surface area contributed by atoms with E-state index in [0.717, 1.165) is 0 Å². The van der Waals surface area contributed by atoms with Crippen LogP contribution in [0.25, 0.3) is 0 Å². The number of urea groups is 1. The Labute approximate surface area is 78.6 Å². The average Bonchev–Trinajstić information content (AvgIpc) is 2.00. The standard InChI is InChI=1S/C6H10ClF3N2O/c7-2-1-3-11-5(13)12-4-6(8,9)10/h1-4H2,(H2,11,12,13). The molecule has 2 amide bonds. The minimum absolute atomic E-state index is 0.271. The van der Waals surface area contributed by atoms with Crippen LogP contribution in [0, 0.1) is 0 Å². The zero-order valence-electron chi connectivity index (χ0n) is 6.75. The molecule has 78 valence electrons.